The molecular weight excluding hydrogens is 312 g/mol. The number of ether oxygens (including phenoxy) is 3. The molecular formula is C17H26N2O5. The Kier molecular flexibility index (Phi) is 4.59. The van der Waals surface area contributed by atoms with Crippen molar-refractivity contribution in [2.75, 3.05) is 12.8 Å². The minimum atomic E-state index is -0.981. The summed E-state index contributed by atoms with van der Waals surface area (Å²) in [4.78, 5) is 12.2. The molecule has 1 aliphatic rings. The number of aliphatic hydroxyl groups is 1. The molecule has 1 heterocycles. The largest absolute Gasteiger partial charge is 0.495 e. The molecule has 0 spiro atoms. The molecule has 7 heteroatoms. The molecule has 1 aliphatic heterocycles. The van der Waals surface area contributed by atoms with Gasteiger partial charge in [-0.3, -0.25) is 0 Å². The van der Waals surface area contributed by atoms with Crippen molar-refractivity contribution in [2.24, 2.45) is 0 Å². The summed E-state index contributed by atoms with van der Waals surface area (Å²) in [6.07, 6.45) is -1.60. The van der Waals surface area contributed by atoms with Crippen molar-refractivity contribution in [1.29, 1.82) is 0 Å². The van der Waals surface area contributed by atoms with Crippen LogP contribution in [-0.2, 0) is 4.74 Å². The van der Waals surface area contributed by atoms with E-state index in [-0.39, 0.29) is 0 Å². The van der Waals surface area contributed by atoms with Gasteiger partial charge in [-0.15, -0.1) is 0 Å². The molecule has 1 amide bonds. The summed E-state index contributed by atoms with van der Waals surface area (Å²) in [6.45, 7) is 8.80. The van der Waals surface area contributed by atoms with E-state index in [1.807, 2.05) is 0 Å². The van der Waals surface area contributed by atoms with E-state index in [2.05, 4.69) is 5.32 Å². The van der Waals surface area contributed by atoms with Crippen LogP contribution in [0.5, 0.6) is 11.5 Å². The first-order valence-electron chi connectivity index (χ1n) is 7.78. The standard InChI is InChI=1S/C17H26N2O5/c1-16(2,3)24-15(21)19-13-9-7-12(22-6)10(18)8-11(9)23-17(4,5)14(13)20/h7-8,13-14,20H,18H2,1-6H3,(H,19,21)/t13-,14+/m0/s1. The highest BCUT2D eigenvalue weighted by Gasteiger charge is 2.44. The number of carbonyl (C=O) groups is 1. The van der Waals surface area contributed by atoms with Crippen LogP contribution in [0, 0.1) is 0 Å². The van der Waals surface area contributed by atoms with E-state index in [1.165, 1.54) is 7.11 Å². The van der Waals surface area contributed by atoms with Crippen LogP contribution in [0.25, 0.3) is 0 Å². The van der Waals surface area contributed by atoms with Crippen molar-refractivity contribution < 1.29 is 24.1 Å². The third-order valence-corrected chi connectivity index (χ3v) is 3.77. The van der Waals surface area contributed by atoms with Gasteiger partial charge in [-0.2, -0.15) is 0 Å². The summed E-state index contributed by atoms with van der Waals surface area (Å²) in [5.41, 5.74) is 5.38. The van der Waals surface area contributed by atoms with Crippen LogP contribution in [0.3, 0.4) is 0 Å². The number of alkyl carbamates (subject to hydrolysis) is 1. The Morgan fingerprint density at radius 3 is 2.54 bits per heavy atom. The molecule has 4 N–H and O–H groups in total. The number of methoxy groups -OCH3 is 1. The van der Waals surface area contributed by atoms with Crippen LogP contribution in [0.4, 0.5) is 10.5 Å². The molecule has 0 aliphatic carbocycles. The number of carbonyl (C=O) groups excluding carboxylic acids is 1. The molecule has 2 rings (SSSR count). The van der Waals surface area contributed by atoms with Gasteiger partial charge in [-0.25, -0.2) is 4.79 Å². The highest BCUT2D eigenvalue weighted by Crippen LogP contribution is 2.43. The predicted octanol–water partition coefficient (Wildman–Crippen LogP) is 2.38. The van der Waals surface area contributed by atoms with Gasteiger partial charge in [0.25, 0.3) is 0 Å². The number of nitrogens with two attached hydrogens (primary N) is 1. The number of nitrogen functional groups attached to an aromatic ring is 1. The maximum Gasteiger partial charge on any atom is 0.408 e. The molecule has 0 radical (unpaired) electrons. The predicted molar refractivity (Wildman–Crippen MR) is 90.2 cm³/mol. The number of anilines is 1. The Morgan fingerprint density at radius 2 is 2.00 bits per heavy atom. The summed E-state index contributed by atoms with van der Waals surface area (Å²) >= 11 is 0. The maximum absolute atomic E-state index is 12.2. The summed E-state index contributed by atoms with van der Waals surface area (Å²) < 4.78 is 16.4. The molecule has 0 saturated heterocycles. The van der Waals surface area contributed by atoms with E-state index >= 15 is 0 Å². The van der Waals surface area contributed by atoms with Crippen molar-refractivity contribution in [2.45, 2.75) is 58.0 Å². The van der Waals surface area contributed by atoms with Crippen LogP contribution in [0.1, 0.15) is 46.2 Å². The van der Waals surface area contributed by atoms with E-state index in [0.29, 0.717) is 22.7 Å². The summed E-state index contributed by atoms with van der Waals surface area (Å²) in [5, 5.41) is 13.4. The minimum Gasteiger partial charge on any atom is -0.495 e. The molecule has 24 heavy (non-hydrogen) atoms. The first-order valence-corrected chi connectivity index (χ1v) is 7.78. The van der Waals surface area contributed by atoms with Crippen LogP contribution in [-0.4, -0.2) is 35.6 Å². The van der Waals surface area contributed by atoms with Crippen LogP contribution < -0.4 is 20.5 Å². The number of hydrogen-bond donors (Lipinski definition) is 3. The van der Waals surface area contributed by atoms with E-state index in [1.54, 1.807) is 46.8 Å². The second kappa shape index (κ2) is 6.05. The molecule has 134 valence electrons. The van der Waals surface area contributed by atoms with Gasteiger partial charge in [0.2, 0.25) is 0 Å². The van der Waals surface area contributed by atoms with Crippen molar-refractivity contribution in [3.8, 4) is 11.5 Å². The molecule has 0 fully saturated rings. The zero-order valence-electron chi connectivity index (χ0n) is 15.0. The summed E-state index contributed by atoms with van der Waals surface area (Å²) in [5.74, 6) is 0.935. The molecule has 1 aromatic rings. The number of hydrogen-bond acceptors (Lipinski definition) is 6. The van der Waals surface area contributed by atoms with Crippen LogP contribution in [0.2, 0.25) is 0 Å². The van der Waals surface area contributed by atoms with E-state index in [9.17, 15) is 9.90 Å². The van der Waals surface area contributed by atoms with Gasteiger partial charge in [0.05, 0.1) is 18.8 Å². The normalized spacial score (nSPS) is 22.1. The molecule has 0 aromatic heterocycles. The molecule has 1 aromatic carbocycles. The Balaban J connectivity index is 2.41. The number of amides is 1. The SMILES string of the molecule is COc1cc2c(cc1N)OC(C)(C)[C@H](O)[C@H]2NC(=O)OC(C)(C)C. The van der Waals surface area contributed by atoms with Gasteiger partial charge in [-0.05, 0) is 40.7 Å². The molecule has 2 atom stereocenters. The lowest BCUT2D eigenvalue weighted by Gasteiger charge is -2.42. The van der Waals surface area contributed by atoms with E-state index in [0.717, 1.165) is 0 Å². The average Bonchev–Trinajstić information content (AvgIpc) is 2.41. The van der Waals surface area contributed by atoms with Gasteiger partial charge in [0.15, 0.2) is 0 Å². The van der Waals surface area contributed by atoms with Gasteiger partial charge in [0.1, 0.15) is 28.8 Å². The Hall–Kier alpha value is -2.15. The lowest BCUT2D eigenvalue weighted by atomic mass is 9.86. The number of fused-ring (bicyclic) bond motifs is 1. The number of benzene rings is 1. The third-order valence-electron chi connectivity index (χ3n) is 3.77. The fraction of sp³-hybridized carbons (Fsp3) is 0.588. The van der Waals surface area contributed by atoms with Gasteiger partial charge in [0, 0.05) is 11.6 Å². The third kappa shape index (κ3) is 3.67. The van der Waals surface area contributed by atoms with Gasteiger partial charge in [-0.1, -0.05) is 0 Å². The molecule has 0 saturated carbocycles. The van der Waals surface area contributed by atoms with Gasteiger partial charge >= 0.3 is 6.09 Å². The highest BCUT2D eigenvalue weighted by molar-refractivity contribution is 5.70. The monoisotopic (exact) mass is 338 g/mol. The van der Waals surface area contributed by atoms with Crippen LogP contribution >= 0.6 is 0 Å². The van der Waals surface area contributed by atoms with Crippen molar-refractivity contribution in [3.05, 3.63) is 17.7 Å². The van der Waals surface area contributed by atoms with E-state index in [4.69, 9.17) is 19.9 Å². The topological polar surface area (TPSA) is 103 Å². The first kappa shape index (κ1) is 18.2. The highest BCUT2D eigenvalue weighted by atomic mass is 16.6. The number of rotatable bonds is 2. The Labute approximate surface area is 142 Å². The van der Waals surface area contributed by atoms with Gasteiger partial charge < -0.3 is 30.4 Å². The fourth-order valence-corrected chi connectivity index (χ4v) is 2.61. The second-order valence-electron chi connectivity index (χ2n) is 7.41. The number of aliphatic hydroxyl groups excluding tert-OH is 1. The minimum absolute atomic E-state index is 0.416. The maximum atomic E-state index is 12.2. The Bertz CT molecular complexity index is 637. The number of nitrogens with one attached hydrogen (secondary N) is 1. The Morgan fingerprint density at radius 1 is 1.38 bits per heavy atom. The lowest BCUT2D eigenvalue weighted by molar-refractivity contribution is -0.0653. The summed E-state index contributed by atoms with van der Waals surface area (Å²) in [7, 11) is 1.50. The van der Waals surface area contributed by atoms with Crippen molar-refractivity contribution in [3.63, 3.8) is 0 Å². The first-order chi connectivity index (χ1) is 10.9. The molecule has 7 nitrogen and oxygen atoms in total. The lowest BCUT2D eigenvalue weighted by Crippen LogP contribution is -2.54. The van der Waals surface area contributed by atoms with Crippen LogP contribution in [0.15, 0.2) is 12.1 Å². The second-order valence-corrected chi connectivity index (χ2v) is 7.41. The van der Waals surface area contributed by atoms with Crippen molar-refractivity contribution in [1.82, 2.24) is 5.32 Å². The van der Waals surface area contributed by atoms with Crippen molar-refractivity contribution >= 4 is 11.8 Å². The van der Waals surface area contributed by atoms with E-state index < -0.39 is 29.4 Å². The zero-order chi connectivity index (χ0) is 18.3. The molecule has 0 unspecified atom stereocenters. The quantitative estimate of drug-likeness (QED) is 0.715. The average molecular weight is 338 g/mol. The molecule has 0 bridgehead atoms. The summed E-state index contributed by atoms with van der Waals surface area (Å²) in [6, 6.07) is 2.57. The zero-order valence-corrected chi connectivity index (χ0v) is 15.0. The fourth-order valence-electron chi connectivity index (χ4n) is 2.61. The smallest absolute Gasteiger partial charge is 0.408 e.